The molecule has 0 spiro atoms. The number of rotatable bonds is 7. The third kappa shape index (κ3) is 4.48. The quantitative estimate of drug-likeness (QED) is 0.757. The van der Waals surface area contributed by atoms with Crippen LogP contribution in [0.3, 0.4) is 0 Å². The van der Waals surface area contributed by atoms with Gasteiger partial charge in [-0.15, -0.1) is 0 Å². The number of carbonyl (C=O) groups is 2. The Balaban J connectivity index is 2.94. The number of hydrogen-bond donors (Lipinski definition) is 2. The fourth-order valence-corrected chi connectivity index (χ4v) is 2.04. The molecule has 1 aromatic carbocycles. The molecule has 5 heteroatoms. The van der Waals surface area contributed by atoms with E-state index in [1.165, 1.54) is 7.11 Å². The van der Waals surface area contributed by atoms with Crippen molar-refractivity contribution in [3.63, 3.8) is 0 Å². The molecule has 5 nitrogen and oxygen atoms in total. The van der Waals surface area contributed by atoms with Crippen LogP contribution in [0.15, 0.2) is 24.3 Å². The Kier molecular flexibility index (Phi) is 6.72. The van der Waals surface area contributed by atoms with Gasteiger partial charge in [-0.3, -0.25) is 4.79 Å². The van der Waals surface area contributed by atoms with Crippen LogP contribution < -0.4 is 10.6 Å². The minimum Gasteiger partial charge on any atom is -0.467 e. The second-order valence-electron chi connectivity index (χ2n) is 4.94. The molecule has 0 aromatic heterocycles. The molecule has 0 heterocycles. The fourth-order valence-electron chi connectivity index (χ4n) is 2.04. The van der Waals surface area contributed by atoms with Crippen molar-refractivity contribution in [1.29, 1.82) is 0 Å². The Morgan fingerprint density at radius 2 is 1.90 bits per heavy atom. The number of nitrogens with one attached hydrogen (secondary N) is 2. The summed E-state index contributed by atoms with van der Waals surface area (Å²) in [7, 11) is 1.33. The average molecular weight is 292 g/mol. The van der Waals surface area contributed by atoms with Crippen molar-refractivity contribution in [2.75, 3.05) is 19.0 Å². The highest BCUT2D eigenvalue weighted by molar-refractivity contribution is 6.01. The topological polar surface area (TPSA) is 67.4 Å². The SMILES string of the molecule is CCNc1ccccc1C(=O)NC(C(=O)OC)C(C)CC. The molecule has 21 heavy (non-hydrogen) atoms. The number of anilines is 1. The number of esters is 1. The van der Waals surface area contributed by atoms with Gasteiger partial charge >= 0.3 is 5.97 Å². The Labute approximate surface area is 126 Å². The van der Waals surface area contributed by atoms with Crippen molar-refractivity contribution < 1.29 is 14.3 Å². The van der Waals surface area contributed by atoms with E-state index in [1.807, 2.05) is 32.9 Å². The van der Waals surface area contributed by atoms with Crippen LogP contribution in [0.2, 0.25) is 0 Å². The average Bonchev–Trinajstić information content (AvgIpc) is 2.51. The van der Waals surface area contributed by atoms with E-state index in [0.717, 1.165) is 18.7 Å². The number of benzene rings is 1. The third-order valence-corrected chi connectivity index (χ3v) is 3.49. The summed E-state index contributed by atoms with van der Waals surface area (Å²) in [5.74, 6) is -0.687. The summed E-state index contributed by atoms with van der Waals surface area (Å²) in [6, 6.07) is 6.60. The molecule has 0 saturated carbocycles. The number of hydrogen-bond acceptors (Lipinski definition) is 4. The molecule has 0 bridgehead atoms. The molecule has 0 radical (unpaired) electrons. The largest absolute Gasteiger partial charge is 0.467 e. The smallest absolute Gasteiger partial charge is 0.328 e. The van der Waals surface area contributed by atoms with Crippen molar-refractivity contribution in [3.05, 3.63) is 29.8 Å². The van der Waals surface area contributed by atoms with E-state index >= 15 is 0 Å². The Bertz CT molecular complexity index is 488. The van der Waals surface area contributed by atoms with Crippen LogP contribution >= 0.6 is 0 Å². The lowest BCUT2D eigenvalue weighted by Crippen LogP contribution is -2.45. The van der Waals surface area contributed by atoms with Gasteiger partial charge in [-0.2, -0.15) is 0 Å². The minimum atomic E-state index is -0.637. The van der Waals surface area contributed by atoms with E-state index in [-0.39, 0.29) is 11.8 Å². The zero-order chi connectivity index (χ0) is 15.8. The summed E-state index contributed by atoms with van der Waals surface area (Å²) in [4.78, 5) is 24.3. The zero-order valence-corrected chi connectivity index (χ0v) is 13.1. The van der Waals surface area contributed by atoms with Crippen molar-refractivity contribution in [3.8, 4) is 0 Å². The molecular formula is C16H24N2O3. The lowest BCUT2D eigenvalue weighted by Gasteiger charge is -2.22. The first kappa shape index (κ1) is 17.0. The maximum Gasteiger partial charge on any atom is 0.328 e. The molecule has 0 saturated heterocycles. The van der Waals surface area contributed by atoms with Crippen LogP contribution in [0.5, 0.6) is 0 Å². The van der Waals surface area contributed by atoms with Crippen LogP contribution in [0.1, 0.15) is 37.6 Å². The number of para-hydroxylation sites is 1. The Morgan fingerprint density at radius 3 is 2.48 bits per heavy atom. The molecule has 2 N–H and O–H groups in total. The van der Waals surface area contributed by atoms with E-state index in [9.17, 15) is 9.59 Å². The van der Waals surface area contributed by atoms with Crippen molar-refractivity contribution in [2.45, 2.75) is 33.2 Å². The molecule has 0 fully saturated rings. The summed E-state index contributed by atoms with van der Waals surface area (Å²) in [6.45, 7) is 6.57. The van der Waals surface area contributed by atoms with Crippen molar-refractivity contribution in [2.24, 2.45) is 5.92 Å². The molecule has 0 aliphatic heterocycles. The van der Waals surface area contributed by atoms with Crippen LogP contribution in [0, 0.1) is 5.92 Å². The maximum atomic E-state index is 12.4. The molecule has 1 rings (SSSR count). The summed E-state index contributed by atoms with van der Waals surface area (Å²) >= 11 is 0. The van der Waals surface area contributed by atoms with Crippen LogP contribution in [0.4, 0.5) is 5.69 Å². The summed E-state index contributed by atoms with van der Waals surface area (Å²) in [6.07, 6.45) is 0.773. The van der Waals surface area contributed by atoms with Gasteiger partial charge in [0.2, 0.25) is 0 Å². The molecule has 2 unspecified atom stereocenters. The van der Waals surface area contributed by atoms with Gasteiger partial charge in [0.1, 0.15) is 6.04 Å². The lowest BCUT2D eigenvalue weighted by atomic mass is 9.98. The Hall–Kier alpha value is -2.04. The highest BCUT2D eigenvalue weighted by Crippen LogP contribution is 2.16. The Morgan fingerprint density at radius 1 is 1.24 bits per heavy atom. The highest BCUT2D eigenvalue weighted by atomic mass is 16.5. The minimum absolute atomic E-state index is 0.00713. The summed E-state index contributed by atoms with van der Waals surface area (Å²) < 4.78 is 4.78. The first-order valence-electron chi connectivity index (χ1n) is 7.26. The number of ether oxygens (including phenoxy) is 1. The van der Waals surface area contributed by atoms with Gasteiger partial charge in [0.05, 0.1) is 12.7 Å². The summed E-state index contributed by atoms with van der Waals surface area (Å²) in [5, 5.41) is 5.92. The van der Waals surface area contributed by atoms with Gasteiger partial charge in [0, 0.05) is 12.2 Å². The number of carbonyl (C=O) groups excluding carboxylic acids is 2. The van der Waals surface area contributed by atoms with Gasteiger partial charge in [-0.25, -0.2) is 4.79 Å². The fraction of sp³-hybridized carbons (Fsp3) is 0.500. The lowest BCUT2D eigenvalue weighted by molar-refractivity contribution is -0.144. The molecular weight excluding hydrogens is 268 g/mol. The highest BCUT2D eigenvalue weighted by Gasteiger charge is 2.27. The van der Waals surface area contributed by atoms with E-state index in [0.29, 0.717) is 5.56 Å². The number of amides is 1. The second kappa shape index (κ2) is 8.29. The normalized spacial score (nSPS) is 13.1. The molecule has 2 atom stereocenters. The van der Waals surface area contributed by atoms with E-state index in [4.69, 9.17) is 4.74 Å². The zero-order valence-electron chi connectivity index (χ0n) is 13.1. The first-order chi connectivity index (χ1) is 10.0. The molecule has 116 valence electrons. The molecule has 0 aliphatic rings. The second-order valence-corrected chi connectivity index (χ2v) is 4.94. The van der Waals surface area contributed by atoms with Crippen molar-refractivity contribution in [1.82, 2.24) is 5.32 Å². The van der Waals surface area contributed by atoms with Crippen molar-refractivity contribution >= 4 is 17.6 Å². The van der Waals surface area contributed by atoms with E-state index in [2.05, 4.69) is 10.6 Å². The molecule has 1 amide bonds. The third-order valence-electron chi connectivity index (χ3n) is 3.49. The maximum absolute atomic E-state index is 12.4. The van der Waals surface area contributed by atoms with Gasteiger partial charge in [-0.05, 0) is 25.0 Å². The molecule has 0 aliphatic carbocycles. The van der Waals surface area contributed by atoms with Gasteiger partial charge < -0.3 is 15.4 Å². The van der Waals surface area contributed by atoms with Gasteiger partial charge in [0.15, 0.2) is 0 Å². The van der Waals surface area contributed by atoms with Crippen LogP contribution in [-0.4, -0.2) is 31.6 Å². The standard InChI is InChI=1S/C16H24N2O3/c1-5-11(3)14(16(20)21-4)18-15(19)12-9-7-8-10-13(12)17-6-2/h7-11,14,17H,5-6H2,1-4H3,(H,18,19). The summed E-state index contributed by atoms with van der Waals surface area (Å²) in [5.41, 5.74) is 1.28. The van der Waals surface area contributed by atoms with Crippen LogP contribution in [-0.2, 0) is 9.53 Å². The van der Waals surface area contributed by atoms with Gasteiger partial charge in [-0.1, -0.05) is 32.4 Å². The van der Waals surface area contributed by atoms with E-state index < -0.39 is 12.0 Å². The molecule has 1 aromatic rings. The van der Waals surface area contributed by atoms with Crippen LogP contribution in [0.25, 0.3) is 0 Å². The first-order valence-corrected chi connectivity index (χ1v) is 7.26. The number of methoxy groups -OCH3 is 1. The predicted octanol–water partition coefficient (Wildman–Crippen LogP) is 2.44. The monoisotopic (exact) mass is 292 g/mol. The predicted molar refractivity (Wildman–Crippen MR) is 83.3 cm³/mol. The van der Waals surface area contributed by atoms with Gasteiger partial charge in [0.25, 0.3) is 5.91 Å². The van der Waals surface area contributed by atoms with E-state index in [1.54, 1.807) is 12.1 Å².